The molecule has 2 heterocycles. The van der Waals surface area contributed by atoms with E-state index in [0.717, 1.165) is 22.4 Å². The average Bonchev–Trinajstić information content (AvgIpc) is 2.66. The van der Waals surface area contributed by atoms with Gasteiger partial charge in [0.2, 0.25) is 0 Å². The fourth-order valence-corrected chi connectivity index (χ4v) is 2.47. The fourth-order valence-electron chi connectivity index (χ4n) is 1.87. The van der Waals surface area contributed by atoms with Gasteiger partial charge in [0.05, 0.1) is 22.3 Å². The van der Waals surface area contributed by atoms with Crippen molar-refractivity contribution in [3.63, 3.8) is 0 Å². The standard InChI is InChI=1S/C13H13BrClN3O/c1-3-18-10(13(14)8(2)17-18)7-11(19)9-4-5-16-12(15)6-9/h4-6H,3,7H2,1-2H3. The number of rotatable bonds is 4. The number of carbonyl (C=O) groups excluding carboxylic acids is 1. The number of carbonyl (C=O) groups is 1. The van der Waals surface area contributed by atoms with Gasteiger partial charge < -0.3 is 0 Å². The van der Waals surface area contributed by atoms with Crippen molar-refractivity contribution >= 4 is 33.3 Å². The van der Waals surface area contributed by atoms with Gasteiger partial charge in [0, 0.05) is 18.3 Å². The molecule has 0 aliphatic rings. The lowest BCUT2D eigenvalue weighted by atomic mass is 10.1. The molecule has 2 aromatic rings. The van der Waals surface area contributed by atoms with E-state index >= 15 is 0 Å². The first-order valence-electron chi connectivity index (χ1n) is 5.89. The van der Waals surface area contributed by atoms with Gasteiger partial charge in [-0.25, -0.2) is 4.98 Å². The molecule has 0 saturated heterocycles. The molecule has 0 aromatic carbocycles. The number of nitrogens with zero attached hydrogens (tertiary/aromatic N) is 3. The monoisotopic (exact) mass is 341 g/mol. The number of pyridine rings is 1. The number of hydrogen-bond donors (Lipinski definition) is 0. The van der Waals surface area contributed by atoms with Gasteiger partial charge in [-0.05, 0) is 41.9 Å². The van der Waals surface area contributed by atoms with E-state index in [9.17, 15) is 4.79 Å². The molecule has 0 spiro atoms. The quantitative estimate of drug-likeness (QED) is 0.631. The van der Waals surface area contributed by atoms with Gasteiger partial charge >= 0.3 is 0 Å². The van der Waals surface area contributed by atoms with Crippen LogP contribution in [0.4, 0.5) is 0 Å². The molecule has 4 nitrogen and oxygen atoms in total. The van der Waals surface area contributed by atoms with Crippen LogP contribution < -0.4 is 0 Å². The van der Waals surface area contributed by atoms with E-state index in [2.05, 4.69) is 26.0 Å². The van der Waals surface area contributed by atoms with E-state index in [-0.39, 0.29) is 12.2 Å². The van der Waals surface area contributed by atoms with Crippen LogP contribution in [-0.2, 0) is 13.0 Å². The Hall–Kier alpha value is -1.20. The molecule has 0 fully saturated rings. The maximum absolute atomic E-state index is 12.2. The van der Waals surface area contributed by atoms with Crippen LogP contribution in [0.1, 0.15) is 28.7 Å². The minimum atomic E-state index is -0.000370. The van der Waals surface area contributed by atoms with Gasteiger partial charge in [0.1, 0.15) is 5.15 Å². The maximum atomic E-state index is 12.2. The van der Waals surface area contributed by atoms with Crippen molar-refractivity contribution in [1.29, 1.82) is 0 Å². The van der Waals surface area contributed by atoms with Crippen LogP contribution in [0.3, 0.4) is 0 Å². The van der Waals surface area contributed by atoms with Crippen LogP contribution in [0.25, 0.3) is 0 Å². The second-order valence-electron chi connectivity index (χ2n) is 4.13. The van der Waals surface area contributed by atoms with Crippen LogP contribution >= 0.6 is 27.5 Å². The third-order valence-electron chi connectivity index (χ3n) is 2.83. The van der Waals surface area contributed by atoms with Crippen LogP contribution in [0, 0.1) is 6.92 Å². The molecule has 0 aliphatic carbocycles. The Labute approximate surface area is 124 Å². The van der Waals surface area contributed by atoms with E-state index in [4.69, 9.17) is 11.6 Å². The molecule has 2 rings (SSSR count). The van der Waals surface area contributed by atoms with E-state index in [0.29, 0.717) is 10.7 Å². The molecule has 0 atom stereocenters. The predicted molar refractivity (Wildman–Crippen MR) is 77.6 cm³/mol. The van der Waals surface area contributed by atoms with Crippen LogP contribution in [0.2, 0.25) is 5.15 Å². The van der Waals surface area contributed by atoms with Crippen molar-refractivity contribution in [3.05, 3.63) is 44.9 Å². The van der Waals surface area contributed by atoms with Crippen molar-refractivity contribution in [2.45, 2.75) is 26.8 Å². The minimum Gasteiger partial charge on any atom is -0.294 e. The number of halogens is 2. The molecule has 0 radical (unpaired) electrons. The average molecular weight is 343 g/mol. The third-order valence-corrected chi connectivity index (χ3v) is 4.07. The first-order valence-corrected chi connectivity index (χ1v) is 7.06. The fraction of sp³-hybridized carbons (Fsp3) is 0.308. The van der Waals surface area contributed by atoms with Crippen molar-refractivity contribution in [2.24, 2.45) is 0 Å². The number of Topliss-reactive ketones (excluding diaryl/α,β-unsaturated/α-hetero) is 1. The zero-order valence-electron chi connectivity index (χ0n) is 10.7. The van der Waals surface area contributed by atoms with E-state index in [1.165, 1.54) is 6.20 Å². The second-order valence-corrected chi connectivity index (χ2v) is 5.31. The summed E-state index contributed by atoms with van der Waals surface area (Å²) in [6.45, 7) is 4.63. The normalized spacial score (nSPS) is 10.7. The molecule has 0 N–H and O–H groups in total. The Kier molecular flexibility index (Phi) is 4.37. The van der Waals surface area contributed by atoms with Gasteiger partial charge in [0.15, 0.2) is 5.78 Å². The predicted octanol–water partition coefficient (Wildman–Crippen LogP) is 3.45. The maximum Gasteiger partial charge on any atom is 0.169 e. The number of hydrogen-bond acceptors (Lipinski definition) is 3. The van der Waals surface area contributed by atoms with Crippen LogP contribution in [0.5, 0.6) is 0 Å². The molecule has 6 heteroatoms. The molecule has 2 aromatic heterocycles. The summed E-state index contributed by atoms with van der Waals surface area (Å²) in [4.78, 5) is 16.1. The minimum absolute atomic E-state index is 0.000370. The van der Waals surface area contributed by atoms with Crippen molar-refractivity contribution in [3.8, 4) is 0 Å². The lowest BCUT2D eigenvalue weighted by Crippen LogP contribution is -2.10. The van der Waals surface area contributed by atoms with E-state index in [1.807, 2.05) is 18.5 Å². The highest BCUT2D eigenvalue weighted by Crippen LogP contribution is 2.22. The zero-order valence-corrected chi connectivity index (χ0v) is 13.0. The third kappa shape index (κ3) is 3.04. The molecule has 0 aliphatic heterocycles. The van der Waals surface area contributed by atoms with E-state index in [1.54, 1.807) is 12.1 Å². The van der Waals surface area contributed by atoms with Crippen LogP contribution in [0.15, 0.2) is 22.8 Å². The molecule has 0 amide bonds. The second kappa shape index (κ2) is 5.84. The SMILES string of the molecule is CCn1nc(C)c(Br)c1CC(=O)c1ccnc(Cl)c1. The lowest BCUT2D eigenvalue weighted by Gasteiger charge is -2.05. The van der Waals surface area contributed by atoms with Crippen molar-refractivity contribution in [2.75, 3.05) is 0 Å². The highest BCUT2D eigenvalue weighted by atomic mass is 79.9. The first kappa shape index (κ1) is 14.2. The molecular formula is C13H13BrClN3O. The van der Waals surface area contributed by atoms with Gasteiger partial charge in [-0.3, -0.25) is 9.48 Å². The molecule has 0 bridgehead atoms. The van der Waals surface area contributed by atoms with Gasteiger partial charge in [-0.1, -0.05) is 11.6 Å². The van der Waals surface area contributed by atoms with Gasteiger partial charge in [-0.2, -0.15) is 5.10 Å². The Morgan fingerprint density at radius 2 is 2.26 bits per heavy atom. The Bertz CT molecular complexity index is 624. The molecule has 0 saturated carbocycles. The summed E-state index contributed by atoms with van der Waals surface area (Å²) >= 11 is 9.28. The highest BCUT2D eigenvalue weighted by Gasteiger charge is 2.16. The molecule has 100 valence electrons. The molecular weight excluding hydrogens is 330 g/mol. The lowest BCUT2D eigenvalue weighted by molar-refractivity contribution is 0.0990. The topological polar surface area (TPSA) is 47.8 Å². The zero-order chi connectivity index (χ0) is 14.0. The summed E-state index contributed by atoms with van der Waals surface area (Å²) in [5.74, 6) is -0.000370. The number of aromatic nitrogens is 3. The Morgan fingerprint density at radius 3 is 2.89 bits per heavy atom. The van der Waals surface area contributed by atoms with Gasteiger partial charge in [0.25, 0.3) is 0 Å². The van der Waals surface area contributed by atoms with Crippen LogP contribution in [-0.4, -0.2) is 20.5 Å². The summed E-state index contributed by atoms with van der Waals surface area (Å²) in [6.07, 6.45) is 1.82. The Morgan fingerprint density at radius 1 is 1.53 bits per heavy atom. The number of ketones is 1. The van der Waals surface area contributed by atoms with E-state index < -0.39 is 0 Å². The summed E-state index contributed by atoms with van der Waals surface area (Å²) in [7, 11) is 0. The van der Waals surface area contributed by atoms with Crippen molar-refractivity contribution < 1.29 is 4.79 Å². The Balaban J connectivity index is 2.29. The molecule has 0 unspecified atom stereocenters. The first-order chi connectivity index (χ1) is 9.02. The van der Waals surface area contributed by atoms with Gasteiger partial charge in [-0.15, -0.1) is 0 Å². The summed E-state index contributed by atoms with van der Waals surface area (Å²) in [6, 6.07) is 3.25. The van der Waals surface area contributed by atoms with Crippen molar-refractivity contribution in [1.82, 2.24) is 14.8 Å². The smallest absolute Gasteiger partial charge is 0.169 e. The summed E-state index contributed by atoms with van der Waals surface area (Å²) < 4.78 is 2.72. The molecule has 19 heavy (non-hydrogen) atoms. The largest absolute Gasteiger partial charge is 0.294 e. The summed E-state index contributed by atoms with van der Waals surface area (Å²) in [5.41, 5.74) is 2.34. The number of aryl methyl sites for hydroxylation is 2. The summed E-state index contributed by atoms with van der Waals surface area (Å²) in [5, 5.41) is 4.70. The highest BCUT2D eigenvalue weighted by molar-refractivity contribution is 9.10.